The lowest BCUT2D eigenvalue weighted by Crippen LogP contribution is -2.37. The maximum absolute atomic E-state index is 5.49. The van der Waals surface area contributed by atoms with Gasteiger partial charge in [0, 0.05) is 18.9 Å². The highest BCUT2D eigenvalue weighted by molar-refractivity contribution is 9.18. The van der Waals surface area contributed by atoms with Crippen molar-refractivity contribution < 1.29 is 4.84 Å². The van der Waals surface area contributed by atoms with Crippen molar-refractivity contribution in [2.75, 3.05) is 13.1 Å². The number of likely N-dealkylation sites (tertiary alicyclic amines) is 1. The van der Waals surface area contributed by atoms with Gasteiger partial charge in [0.15, 0.2) is 0 Å². The van der Waals surface area contributed by atoms with Crippen molar-refractivity contribution in [2.24, 2.45) is 11.1 Å². The van der Waals surface area contributed by atoms with E-state index < -0.39 is 0 Å². The van der Waals surface area contributed by atoms with Crippen LogP contribution in [0.4, 0.5) is 0 Å². The van der Waals surface area contributed by atoms with Gasteiger partial charge in [-0.05, 0) is 54.3 Å². The van der Waals surface area contributed by atoms with E-state index in [4.69, 9.17) is 4.84 Å². The molecule has 1 aromatic rings. The lowest BCUT2D eigenvalue weighted by Gasteiger charge is -2.33. The molecule has 0 amide bonds. The van der Waals surface area contributed by atoms with Crippen molar-refractivity contribution >= 4 is 20.6 Å². The van der Waals surface area contributed by atoms with Gasteiger partial charge in [0.2, 0.25) is 0 Å². The van der Waals surface area contributed by atoms with E-state index >= 15 is 0 Å². The molecule has 20 heavy (non-hydrogen) atoms. The summed E-state index contributed by atoms with van der Waals surface area (Å²) in [6.07, 6.45) is 3.67. The Hall–Kier alpha value is -0.870. The van der Waals surface area contributed by atoms with Crippen LogP contribution in [-0.2, 0) is 11.4 Å². The Balaban J connectivity index is 1.48. The van der Waals surface area contributed by atoms with Crippen molar-refractivity contribution in [1.82, 2.24) is 4.90 Å². The third kappa shape index (κ3) is 3.41. The molecule has 0 aliphatic carbocycles. The molecule has 3 nitrogen and oxygen atoms in total. The van der Waals surface area contributed by atoms with Gasteiger partial charge in [0.25, 0.3) is 0 Å². The molecule has 1 atom stereocenters. The largest absolute Gasteiger partial charge is 0.391 e. The molecule has 1 saturated heterocycles. The molecule has 4 heteroatoms. The molecule has 0 radical (unpaired) electrons. The first-order valence-electron chi connectivity index (χ1n) is 7.37. The maximum atomic E-state index is 5.49. The quantitative estimate of drug-likeness (QED) is 0.840. The highest BCUT2D eigenvalue weighted by Gasteiger charge is 2.31. The van der Waals surface area contributed by atoms with Crippen LogP contribution in [0.3, 0.4) is 0 Å². The molecule has 0 saturated carbocycles. The smallest absolute Gasteiger partial charge is 0.136 e. The summed E-state index contributed by atoms with van der Waals surface area (Å²) in [7, 11) is 0. The van der Waals surface area contributed by atoms with Gasteiger partial charge in [-0.3, -0.25) is 4.90 Å². The minimum absolute atomic E-state index is 0.297. The van der Waals surface area contributed by atoms with Crippen LogP contribution < -0.4 is 0 Å². The molecule has 0 N–H and O–H groups in total. The summed E-state index contributed by atoms with van der Waals surface area (Å²) in [6.45, 7) is 5.53. The first-order chi connectivity index (χ1) is 9.70. The van der Waals surface area contributed by atoms with Crippen LogP contribution in [-0.4, -0.2) is 28.7 Å². The van der Waals surface area contributed by atoms with E-state index in [0.717, 1.165) is 30.7 Å². The second-order valence-corrected chi connectivity index (χ2v) is 6.83. The van der Waals surface area contributed by atoms with Gasteiger partial charge >= 0.3 is 0 Å². The molecule has 1 fully saturated rings. The number of aryl methyl sites for hydroxylation is 1. The van der Waals surface area contributed by atoms with E-state index in [-0.39, 0.29) is 0 Å². The average Bonchev–Trinajstić information content (AvgIpc) is 2.89. The van der Waals surface area contributed by atoms with Gasteiger partial charge in [-0.15, -0.1) is 0 Å². The zero-order valence-electron chi connectivity index (χ0n) is 11.9. The maximum Gasteiger partial charge on any atom is 0.136 e. The number of benzene rings is 1. The second kappa shape index (κ2) is 6.27. The summed E-state index contributed by atoms with van der Waals surface area (Å²) in [5.41, 5.74) is 2.74. The molecule has 2 heterocycles. The fourth-order valence-corrected chi connectivity index (χ4v) is 3.46. The number of rotatable bonds is 3. The van der Waals surface area contributed by atoms with E-state index in [1.54, 1.807) is 0 Å². The lowest BCUT2D eigenvalue weighted by molar-refractivity contribution is 0.0127. The molecule has 0 spiro atoms. The van der Waals surface area contributed by atoms with E-state index in [2.05, 4.69) is 57.2 Å². The zero-order chi connectivity index (χ0) is 13.9. The Morgan fingerprint density at radius 1 is 1.25 bits per heavy atom. The minimum atomic E-state index is 0.297. The Kier molecular flexibility index (Phi) is 4.41. The van der Waals surface area contributed by atoms with Gasteiger partial charge < -0.3 is 4.84 Å². The van der Waals surface area contributed by atoms with E-state index in [9.17, 15) is 0 Å². The van der Waals surface area contributed by atoms with Crippen LogP contribution in [0.25, 0.3) is 0 Å². The van der Waals surface area contributed by atoms with Gasteiger partial charge in [0.05, 0.1) is 0 Å². The summed E-state index contributed by atoms with van der Waals surface area (Å²) in [6, 6.07) is 8.88. The minimum Gasteiger partial charge on any atom is -0.391 e. The van der Waals surface area contributed by atoms with Crippen LogP contribution >= 0.6 is 15.9 Å². The van der Waals surface area contributed by atoms with Gasteiger partial charge in [-0.1, -0.05) is 35.0 Å². The predicted molar refractivity (Wildman–Crippen MR) is 85.0 cm³/mol. The fraction of sp³-hybridized carbons (Fsp3) is 0.562. The van der Waals surface area contributed by atoms with Crippen molar-refractivity contribution in [1.29, 1.82) is 0 Å². The summed E-state index contributed by atoms with van der Waals surface area (Å²) in [5, 5.41) is 4.01. The number of hydrogen-bond acceptors (Lipinski definition) is 3. The molecule has 3 rings (SSSR count). The molecule has 2 aliphatic heterocycles. The Labute approximate surface area is 129 Å². The van der Waals surface area contributed by atoms with Crippen LogP contribution in [0.1, 0.15) is 30.4 Å². The van der Waals surface area contributed by atoms with E-state index in [0.29, 0.717) is 12.0 Å². The van der Waals surface area contributed by atoms with Gasteiger partial charge in [-0.25, -0.2) is 0 Å². The zero-order valence-corrected chi connectivity index (χ0v) is 13.5. The second-order valence-electron chi connectivity index (χ2n) is 5.91. The topological polar surface area (TPSA) is 24.8 Å². The van der Waals surface area contributed by atoms with Crippen molar-refractivity contribution in [3.05, 3.63) is 35.4 Å². The Bertz CT molecular complexity index is 478. The van der Waals surface area contributed by atoms with E-state index in [1.807, 2.05) is 0 Å². The molecule has 108 valence electrons. The summed E-state index contributed by atoms with van der Waals surface area (Å²) < 4.78 is 0.963. The predicted octanol–water partition coefficient (Wildman–Crippen LogP) is 3.70. The van der Waals surface area contributed by atoms with Crippen LogP contribution in [0.15, 0.2) is 29.4 Å². The highest BCUT2D eigenvalue weighted by Crippen LogP contribution is 2.29. The number of hydrogen-bond donors (Lipinski definition) is 0. The van der Waals surface area contributed by atoms with Crippen molar-refractivity contribution in [2.45, 2.75) is 38.8 Å². The highest BCUT2D eigenvalue weighted by atomic mass is 79.9. The number of nitrogens with zero attached hydrogens (tertiary/aromatic N) is 2. The average molecular weight is 337 g/mol. The normalized spacial score (nSPS) is 24.5. The molecule has 2 aliphatic rings. The van der Waals surface area contributed by atoms with Crippen molar-refractivity contribution in [3.63, 3.8) is 0 Å². The van der Waals surface area contributed by atoms with Crippen LogP contribution in [0, 0.1) is 12.8 Å². The summed E-state index contributed by atoms with van der Waals surface area (Å²) >= 11 is 3.42. The molecule has 1 unspecified atom stereocenters. The monoisotopic (exact) mass is 336 g/mol. The number of oxime groups is 1. The first-order valence-corrected chi connectivity index (χ1v) is 8.16. The SMILES string of the molecule is Cc1ccc(CN2CCC(C3CC(Br)=NO3)CC2)cc1. The molecular weight excluding hydrogens is 316 g/mol. The third-order valence-electron chi connectivity index (χ3n) is 4.34. The van der Waals surface area contributed by atoms with Crippen LogP contribution in [0.5, 0.6) is 0 Å². The Morgan fingerprint density at radius 3 is 2.55 bits per heavy atom. The van der Waals surface area contributed by atoms with Crippen LogP contribution in [0.2, 0.25) is 0 Å². The molecule has 1 aromatic carbocycles. The molecule has 0 bridgehead atoms. The lowest BCUT2D eigenvalue weighted by atomic mass is 9.90. The molecular formula is C16H21BrN2O. The first kappa shape index (κ1) is 14.1. The molecule has 0 aromatic heterocycles. The standard InChI is InChI=1S/C16H21BrN2O/c1-12-2-4-13(5-3-12)11-19-8-6-14(7-9-19)15-10-16(17)18-20-15/h2-5,14-15H,6-11H2,1H3. The third-order valence-corrected chi connectivity index (χ3v) is 4.81. The summed E-state index contributed by atoms with van der Waals surface area (Å²) in [5.74, 6) is 0.656. The van der Waals surface area contributed by atoms with Crippen molar-refractivity contribution in [3.8, 4) is 0 Å². The number of piperidine rings is 1. The number of halogens is 1. The Morgan fingerprint density at radius 2 is 1.95 bits per heavy atom. The van der Waals surface area contributed by atoms with Gasteiger partial charge in [-0.2, -0.15) is 0 Å². The fourth-order valence-electron chi connectivity index (χ4n) is 3.05. The summed E-state index contributed by atoms with van der Waals surface area (Å²) in [4.78, 5) is 8.04. The van der Waals surface area contributed by atoms with Gasteiger partial charge in [0.1, 0.15) is 10.7 Å². The van der Waals surface area contributed by atoms with E-state index in [1.165, 1.54) is 24.0 Å².